The van der Waals surface area contributed by atoms with Gasteiger partial charge in [0.25, 0.3) is 6.43 Å². The van der Waals surface area contributed by atoms with Crippen molar-refractivity contribution in [2.24, 2.45) is 0 Å². The van der Waals surface area contributed by atoms with Gasteiger partial charge in [0.1, 0.15) is 0 Å². The molecule has 0 aliphatic carbocycles. The summed E-state index contributed by atoms with van der Waals surface area (Å²) in [6.07, 6.45) is -1.78. The molecule has 0 heterocycles. The summed E-state index contributed by atoms with van der Waals surface area (Å²) in [6, 6.07) is 0. The zero-order chi connectivity index (χ0) is 8.85. The van der Waals surface area contributed by atoms with Crippen molar-refractivity contribution in [1.82, 2.24) is 0 Å². The van der Waals surface area contributed by atoms with E-state index in [0.29, 0.717) is 0 Å². The summed E-state index contributed by atoms with van der Waals surface area (Å²) in [6.45, 7) is 3.00. The van der Waals surface area contributed by atoms with Gasteiger partial charge in [-0.2, -0.15) is 0 Å². The Morgan fingerprint density at radius 3 is 2.55 bits per heavy atom. The highest BCUT2D eigenvalue weighted by atomic mass is 19.3. The lowest BCUT2D eigenvalue weighted by Gasteiger charge is -1.98. The minimum absolute atomic E-state index is 0.200. The van der Waals surface area contributed by atoms with Crippen LogP contribution in [0.4, 0.5) is 8.78 Å². The third-order valence-corrected chi connectivity index (χ3v) is 0.976. The van der Waals surface area contributed by atoms with Crippen molar-refractivity contribution in [2.45, 2.75) is 20.3 Å². The molecule has 0 bridgehead atoms. The van der Waals surface area contributed by atoms with E-state index in [4.69, 9.17) is 0 Å². The molecule has 64 valence electrons. The largest absolute Gasteiger partial charge is 0.463 e. The van der Waals surface area contributed by atoms with Crippen LogP contribution in [0.15, 0.2) is 11.6 Å². The fourth-order valence-corrected chi connectivity index (χ4v) is 0.433. The van der Waals surface area contributed by atoms with E-state index >= 15 is 0 Å². The van der Waals surface area contributed by atoms with Crippen LogP contribution < -0.4 is 0 Å². The van der Waals surface area contributed by atoms with Gasteiger partial charge in [0.2, 0.25) is 0 Å². The first-order valence-electron chi connectivity index (χ1n) is 3.21. The molecule has 0 saturated carbocycles. The first kappa shape index (κ1) is 10.1. The van der Waals surface area contributed by atoms with Gasteiger partial charge < -0.3 is 4.74 Å². The van der Waals surface area contributed by atoms with Crippen LogP contribution in [0, 0.1) is 0 Å². The highest BCUT2D eigenvalue weighted by Gasteiger charge is 2.07. The molecule has 0 amide bonds. The van der Waals surface area contributed by atoms with E-state index in [-0.39, 0.29) is 12.2 Å². The number of alkyl halides is 2. The van der Waals surface area contributed by atoms with Gasteiger partial charge in [-0.1, -0.05) is 0 Å². The predicted molar refractivity (Wildman–Crippen MR) is 36.4 cm³/mol. The first-order valence-corrected chi connectivity index (χ1v) is 3.21. The molecular weight excluding hydrogens is 154 g/mol. The van der Waals surface area contributed by atoms with Gasteiger partial charge in [-0.15, -0.1) is 0 Å². The molecule has 0 spiro atoms. The lowest BCUT2D eigenvalue weighted by Crippen LogP contribution is -2.03. The van der Waals surface area contributed by atoms with Crippen LogP contribution in [0.1, 0.15) is 13.8 Å². The van der Waals surface area contributed by atoms with Crippen LogP contribution >= 0.6 is 0 Å². The second kappa shape index (κ2) is 4.82. The summed E-state index contributed by atoms with van der Waals surface area (Å²) in [5, 5.41) is 0. The SMILES string of the molecule is CCOC(=O)C=C(C)C(F)F. The molecule has 0 radical (unpaired) electrons. The molecule has 0 aromatic rings. The second-order valence-corrected chi connectivity index (χ2v) is 1.94. The standard InChI is InChI=1S/C7H10F2O2/c1-3-11-6(10)4-5(2)7(8)9/h4,7H,3H2,1-2H3. The molecule has 0 aliphatic rings. The number of hydrogen-bond acceptors (Lipinski definition) is 2. The number of esters is 1. The molecule has 0 rings (SSSR count). The summed E-state index contributed by atoms with van der Waals surface area (Å²) in [5.74, 6) is -0.717. The average Bonchev–Trinajstić information content (AvgIpc) is 1.87. The molecule has 0 unspecified atom stereocenters. The van der Waals surface area contributed by atoms with Crippen LogP contribution in [-0.4, -0.2) is 19.0 Å². The van der Waals surface area contributed by atoms with Gasteiger partial charge in [-0.25, -0.2) is 13.6 Å². The van der Waals surface area contributed by atoms with Gasteiger partial charge in [-0.05, 0) is 19.4 Å². The van der Waals surface area contributed by atoms with E-state index in [2.05, 4.69) is 4.74 Å². The summed E-state index contributed by atoms with van der Waals surface area (Å²) >= 11 is 0. The topological polar surface area (TPSA) is 26.3 Å². The number of carbonyl (C=O) groups is 1. The Bertz CT molecular complexity index is 164. The normalized spacial score (nSPS) is 11.9. The lowest BCUT2D eigenvalue weighted by molar-refractivity contribution is -0.137. The average molecular weight is 164 g/mol. The highest BCUT2D eigenvalue weighted by molar-refractivity contribution is 5.82. The third kappa shape index (κ3) is 4.47. The van der Waals surface area contributed by atoms with E-state index in [1.165, 1.54) is 6.92 Å². The number of allylic oxidation sites excluding steroid dienone is 1. The molecule has 0 saturated heterocycles. The Balaban J connectivity index is 3.97. The van der Waals surface area contributed by atoms with Gasteiger partial charge in [0.15, 0.2) is 0 Å². The Labute approximate surface area is 63.8 Å². The zero-order valence-electron chi connectivity index (χ0n) is 6.43. The van der Waals surface area contributed by atoms with Crippen LogP contribution in [-0.2, 0) is 9.53 Å². The second-order valence-electron chi connectivity index (χ2n) is 1.94. The maximum Gasteiger partial charge on any atom is 0.330 e. The van der Waals surface area contributed by atoms with Gasteiger partial charge >= 0.3 is 5.97 Å². The van der Waals surface area contributed by atoms with Crippen molar-refractivity contribution in [1.29, 1.82) is 0 Å². The van der Waals surface area contributed by atoms with Crippen molar-refractivity contribution in [3.05, 3.63) is 11.6 Å². The molecule has 2 nitrogen and oxygen atoms in total. The molecule has 0 fully saturated rings. The Kier molecular flexibility index (Phi) is 4.41. The Hall–Kier alpha value is -0.930. The molecular formula is C7H10F2O2. The van der Waals surface area contributed by atoms with Gasteiger partial charge in [0, 0.05) is 6.08 Å². The number of halogens is 2. The summed E-state index contributed by atoms with van der Waals surface area (Å²) in [7, 11) is 0. The maximum atomic E-state index is 11.8. The van der Waals surface area contributed by atoms with Crippen LogP contribution in [0.3, 0.4) is 0 Å². The quantitative estimate of drug-likeness (QED) is 0.469. The smallest absolute Gasteiger partial charge is 0.330 e. The zero-order valence-corrected chi connectivity index (χ0v) is 6.43. The minimum Gasteiger partial charge on any atom is -0.463 e. The Morgan fingerprint density at radius 1 is 1.64 bits per heavy atom. The molecule has 0 aromatic carbocycles. The lowest BCUT2D eigenvalue weighted by atomic mass is 10.3. The van der Waals surface area contributed by atoms with Crippen LogP contribution in [0.5, 0.6) is 0 Å². The maximum absolute atomic E-state index is 11.8. The van der Waals surface area contributed by atoms with Crippen molar-refractivity contribution >= 4 is 5.97 Å². The highest BCUT2D eigenvalue weighted by Crippen LogP contribution is 2.06. The van der Waals surface area contributed by atoms with Gasteiger partial charge in [0.05, 0.1) is 6.61 Å². The van der Waals surface area contributed by atoms with Crippen molar-refractivity contribution in [3.63, 3.8) is 0 Å². The van der Waals surface area contributed by atoms with E-state index in [0.717, 1.165) is 6.08 Å². The fraction of sp³-hybridized carbons (Fsp3) is 0.571. The summed E-state index contributed by atoms with van der Waals surface area (Å²) in [5.41, 5.74) is -0.275. The summed E-state index contributed by atoms with van der Waals surface area (Å²) < 4.78 is 27.9. The Morgan fingerprint density at radius 2 is 2.18 bits per heavy atom. The molecule has 0 atom stereocenters. The number of rotatable bonds is 3. The molecule has 11 heavy (non-hydrogen) atoms. The van der Waals surface area contributed by atoms with Crippen molar-refractivity contribution in [2.75, 3.05) is 6.61 Å². The number of ether oxygens (including phenoxy) is 1. The summed E-state index contributed by atoms with van der Waals surface area (Å²) in [4.78, 5) is 10.5. The van der Waals surface area contributed by atoms with Crippen molar-refractivity contribution in [3.8, 4) is 0 Å². The molecule has 0 N–H and O–H groups in total. The van der Waals surface area contributed by atoms with E-state index in [1.807, 2.05) is 0 Å². The monoisotopic (exact) mass is 164 g/mol. The van der Waals surface area contributed by atoms with Crippen LogP contribution in [0.25, 0.3) is 0 Å². The van der Waals surface area contributed by atoms with Gasteiger partial charge in [-0.3, -0.25) is 0 Å². The fourth-order valence-electron chi connectivity index (χ4n) is 0.433. The molecule has 0 aliphatic heterocycles. The number of hydrogen-bond donors (Lipinski definition) is 0. The number of carbonyl (C=O) groups excluding carboxylic acids is 1. The van der Waals surface area contributed by atoms with Crippen LogP contribution in [0.2, 0.25) is 0 Å². The third-order valence-electron chi connectivity index (χ3n) is 0.976. The van der Waals surface area contributed by atoms with Crippen molar-refractivity contribution < 1.29 is 18.3 Å². The minimum atomic E-state index is -2.58. The van der Waals surface area contributed by atoms with E-state index in [1.54, 1.807) is 6.92 Å². The first-order chi connectivity index (χ1) is 5.07. The van der Waals surface area contributed by atoms with E-state index < -0.39 is 12.4 Å². The van der Waals surface area contributed by atoms with E-state index in [9.17, 15) is 13.6 Å². The molecule has 0 aromatic heterocycles. The predicted octanol–water partition coefficient (Wildman–Crippen LogP) is 1.76. The molecule has 4 heteroatoms.